The molecule has 414 valence electrons. The summed E-state index contributed by atoms with van der Waals surface area (Å²) in [5.41, 5.74) is 24.9. The highest BCUT2D eigenvalue weighted by molar-refractivity contribution is 6.16. The van der Waals surface area contributed by atoms with Crippen molar-refractivity contribution in [2.75, 3.05) is 0 Å². The van der Waals surface area contributed by atoms with E-state index in [0.717, 1.165) is 139 Å². The Kier molecular flexibility index (Phi) is 12.1. The van der Waals surface area contributed by atoms with Gasteiger partial charge in [-0.1, -0.05) is 191 Å². The summed E-state index contributed by atoms with van der Waals surface area (Å²) in [7, 11) is 0. The molecule has 0 amide bonds. The quantitative estimate of drug-likeness (QED) is 0.144. The zero-order chi connectivity index (χ0) is 58.6. The van der Waals surface area contributed by atoms with Crippen molar-refractivity contribution in [3.8, 4) is 84.9 Å². The van der Waals surface area contributed by atoms with E-state index in [2.05, 4.69) is 304 Å². The van der Waals surface area contributed by atoms with Gasteiger partial charge in [-0.3, -0.25) is 0 Å². The molecule has 0 N–H and O–H groups in total. The molecule has 7 heteroatoms. The molecule has 0 fully saturated rings. The zero-order valence-electron chi connectivity index (χ0n) is 49.3. The van der Waals surface area contributed by atoms with Gasteiger partial charge in [0.15, 0.2) is 11.6 Å². The number of fused-ring (bicyclic) bond motifs is 9. The largest absolute Gasteiger partial charge is 0.306 e. The van der Waals surface area contributed by atoms with Crippen LogP contribution in [-0.2, 0) is 0 Å². The van der Waals surface area contributed by atoms with Crippen LogP contribution < -0.4 is 0 Å². The molecule has 0 bridgehead atoms. The summed E-state index contributed by atoms with van der Waals surface area (Å²) in [6, 6.07) is 90.1. The predicted octanol–water partition coefficient (Wildman–Crippen LogP) is 20.4. The number of aromatic nitrogens is 7. The van der Waals surface area contributed by atoms with Gasteiger partial charge in [0.1, 0.15) is 0 Å². The molecule has 0 unspecified atom stereocenters. The maximum Gasteiger partial charge on any atom is 0.162 e. The third-order valence-electron chi connectivity index (χ3n) is 17.4. The highest BCUT2D eigenvalue weighted by Gasteiger charge is 2.33. The Morgan fingerprint density at radius 3 is 0.667 bits per heavy atom. The van der Waals surface area contributed by atoms with Crippen molar-refractivity contribution >= 4 is 65.4 Å². The summed E-state index contributed by atoms with van der Waals surface area (Å²) in [6.07, 6.45) is 0. The minimum atomic E-state index is 0.553. The second-order valence-electron chi connectivity index (χ2n) is 23.5. The molecule has 5 heterocycles. The summed E-state index contributed by atoms with van der Waals surface area (Å²) < 4.78 is 7.57. The Bertz CT molecular complexity index is 4870. The fourth-order valence-corrected chi connectivity index (χ4v) is 13.3. The van der Waals surface area contributed by atoms with Gasteiger partial charge >= 0.3 is 0 Å². The van der Waals surface area contributed by atoms with Crippen LogP contribution in [0, 0.1) is 41.5 Å². The van der Waals surface area contributed by atoms with Gasteiger partial charge in [-0.15, -0.1) is 0 Å². The maximum atomic E-state index is 5.82. The highest BCUT2D eigenvalue weighted by Crippen LogP contribution is 2.50. The number of benzene rings is 11. The minimum Gasteiger partial charge on any atom is -0.306 e. The lowest BCUT2D eigenvalue weighted by atomic mass is 9.98. The lowest BCUT2D eigenvalue weighted by Gasteiger charge is -2.27. The Morgan fingerprint density at radius 2 is 0.437 bits per heavy atom. The van der Waals surface area contributed by atoms with Crippen LogP contribution in [0.3, 0.4) is 0 Å². The standard InChI is InChI=1S/C80H59N7/c1-48-27-33-70-58(39-48)59-40-49(2)28-34-71(59)85(70)76-64(79-81-66(54-19-11-7-12-20-54)46-67(82-79)55-21-13-8-14-22-55)45-65(80-83-68(56-23-15-9-16-24-56)47-69(84-80)57-25-17-10-18-26-57)77(86-72-35-29-50(3)41-60(72)61-42-51(4)30-36-73(61)86)78(76)87-74-37-31-52(5)43-62(74)63-44-53(6)32-38-75(63)87/h7-47H,1-6H3. The van der Waals surface area contributed by atoms with Crippen molar-refractivity contribution < 1.29 is 0 Å². The lowest BCUT2D eigenvalue weighted by molar-refractivity contribution is 1.04. The minimum absolute atomic E-state index is 0.553. The topological polar surface area (TPSA) is 66.3 Å². The van der Waals surface area contributed by atoms with Gasteiger partial charge < -0.3 is 13.7 Å². The average molecular weight is 1120 g/mol. The first-order valence-corrected chi connectivity index (χ1v) is 29.9. The van der Waals surface area contributed by atoms with Crippen LogP contribution in [-0.4, -0.2) is 33.6 Å². The van der Waals surface area contributed by atoms with Crippen LogP contribution >= 0.6 is 0 Å². The van der Waals surface area contributed by atoms with Crippen LogP contribution in [0.25, 0.3) is 150 Å². The summed E-state index contributed by atoms with van der Waals surface area (Å²) in [6.45, 7) is 13.2. The normalized spacial score (nSPS) is 11.8. The molecule has 0 atom stereocenters. The molecule has 0 saturated carbocycles. The van der Waals surface area contributed by atoms with Crippen molar-refractivity contribution in [3.63, 3.8) is 0 Å². The molecule has 11 aromatic carbocycles. The fourth-order valence-electron chi connectivity index (χ4n) is 13.3. The van der Waals surface area contributed by atoms with Crippen molar-refractivity contribution in [2.45, 2.75) is 41.5 Å². The Morgan fingerprint density at radius 1 is 0.218 bits per heavy atom. The lowest BCUT2D eigenvalue weighted by Crippen LogP contribution is -2.14. The first kappa shape index (κ1) is 51.6. The summed E-state index contributed by atoms with van der Waals surface area (Å²) in [5, 5.41) is 6.93. The molecule has 87 heavy (non-hydrogen) atoms. The van der Waals surface area contributed by atoms with Gasteiger partial charge in [-0.25, -0.2) is 19.9 Å². The third kappa shape index (κ3) is 8.64. The molecule has 0 aliphatic carbocycles. The van der Waals surface area contributed by atoms with E-state index in [1.54, 1.807) is 0 Å². The Labute approximate surface area is 504 Å². The van der Waals surface area contributed by atoms with E-state index in [-0.39, 0.29) is 0 Å². The number of hydrogen-bond donors (Lipinski definition) is 0. The second-order valence-corrected chi connectivity index (χ2v) is 23.5. The number of rotatable bonds is 9. The molecule has 0 saturated heterocycles. The fraction of sp³-hybridized carbons (Fsp3) is 0.0750. The molecule has 16 aromatic rings. The molecule has 0 radical (unpaired) electrons. The SMILES string of the molecule is Cc1ccc2c(c1)c1cc(C)ccc1n2-c1c(-c2nc(-c3ccccc3)cc(-c3ccccc3)n2)cc(-c2nc(-c3ccccc3)cc(-c3ccccc3)n2)c(-n2c3ccc(C)cc3c3cc(C)ccc32)c1-n1c2ccc(C)cc2c2cc(C)ccc21. The van der Waals surface area contributed by atoms with Gasteiger partial charge in [-0.05, 0) is 133 Å². The summed E-state index contributed by atoms with van der Waals surface area (Å²) in [4.78, 5) is 23.3. The van der Waals surface area contributed by atoms with Crippen molar-refractivity contribution in [2.24, 2.45) is 0 Å². The van der Waals surface area contributed by atoms with E-state index in [1.165, 1.54) is 33.4 Å². The van der Waals surface area contributed by atoms with Gasteiger partial charge in [-0.2, -0.15) is 0 Å². The maximum absolute atomic E-state index is 5.82. The van der Waals surface area contributed by atoms with Crippen LogP contribution in [0.5, 0.6) is 0 Å². The summed E-state index contributed by atoms with van der Waals surface area (Å²) in [5.74, 6) is 1.11. The van der Waals surface area contributed by atoms with Gasteiger partial charge in [0.25, 0.3) is 0 Å². The molecule has 0 aliphatic heterocycles. The molecule has 16 rings (SSSR count). The second kappa shape index (κ2) is 20.4. The number of aryl methyl sites for hydroxylation is 6. The van der Waals surface area contributed by atoms with Crippen molar-refractivity contribution in [3.05, 3.63) is 282 Å². The van der Waals surface area contributed by atoms with E-state index in [9.17, 15) is 0 Å². The van der Waals surface area contributed by atoms with Crippen LogP contribution in [0.4, 0.5) is 0 Å². The summed E-state index contributed by atoms with van der Waals surface area (Å²) >= 11 is 0. The van der Waals surface area contributed by atoms with Crippen LogP contribution in [0.2, 0.25) is 0 Å². The molecule has 0 aliphatic rings. The van der Waals surface area contributed by atoms with E-state index in [0.29, 0.717) is 11.6 Å². The first-order valence-electron chi connectivity index (χ1n) is 29.9. The monoisotopic (exact) mass is 1120 g/mol. The van der Waals surface area contributed by atoms with Crippen LogP contribution in [0.1, 0.15) is 33.4 Å². The first-order chi connectivity index (χ1) is 42.6. The van der Waals surface area contributed by atoms with Gasteiger partial charge in [0.05, 0.1) is 72.9 Å². The molecule has 5 aromatic heterocycles. The predicted molar refractivity (Wildman–Crippen MR) is 362 cm³/mol. The molecule has 7 nitrogen and oxygen atoms in total. The molecule has 0 spiro atoms. The van der Waals surface area contributed by atoms with Gasteiger partial charge in [0.2, 0.25) is 0 Å². The number of nitrogens with zero attached hydrogens (tertiary/aromatic N) is 7. The van der Waals surface area contributed by atoms with Crippen LogP contribution in [0.15, 0.2) is 249 Å². The number of hydrogen-bond acceptors (Lipinski definition) is 4. The van der Waals surface area contributed by atoms with E-state index in [4.69, 9.17) is 19.9 Å². The van der Waals surface area contributed by atoms with Gasteiger partial charge in [0, 0.05) is 65.7 Å². The van der Waals surface area contributed by atoms with E-state index >= 15 is 0 Å². The Balaban J connectivity index is 1.22. The van der Waals surface area contributed by atoms with Crippen molar-refractivity contribution in [1.82, 2.24) is 33.6 Å². The zero-order valence-corrected chi connectivity index (χ0v) is 49.3. The van der Waals surface area contributed by atoms with Crippen molar-refractivity contribution in [1.29, 1.82) is 0 Å². The van der Waals surface area contributed by atoms with E-state index < -0.39 is 0 Å². The highest BCUT2D eigenvalue weighted by atomic mass is 15.1. The molecular weight excluding hydrogens is 1060 g/mol. The molecular formula is C80H59N7. The smallest absolute Gasteiger partial charge is 0.162 e. The third-order valence-corrected chi connectivity index (χ3v) is 17.4. The van der Waals surface area contributed by atoms with E-state index in [1.807, 2.05) is 0 Å². The average Bonchev–Trinajstić information content (AvgIpc) is 1.71. The Hall–Kier alpha value is -11.0.